The topological polar surface area (TPSA) is 0 Å². The summed E-state index contributed by atoms with van der Waals surface area (Å²) in [7, 11) is 0. The van der Waals surface area contributed by atoms with E-state index in [4.69, 9.17) is 0 Å². The number of allylic oxidation sites excluding steroid dienone is 4. The second-order valence-electron chi connectivity index (χ2n) is 4.96. The summed E-state index contributed by atoms with van der Waals surface area (Å²) in [6.45, 7) is 12.7. The Labute approximate surface area is 94.8 Å². The van der Waals surface area contributed by atoms with Gasteiger partial charge in [-0.25, -0.2) is 0 Å². The molecule has 0 aromatic rings. The third kappa shape index (κ3) is 4.51. The van der Waals surface area contributed by atoms with Crippen molar-refractivity contribution in [3.05, 3.63) is 36.0 Å². The van der Waals surface area contributed by atoms with E-state index in [9.17, 15) is 0 Å². The largest absolute Gasteiger partial charge is 0.0999 e. The van der Waals surface area contributed by atoms with Crippen molar-refractivity contribution in [3.8, 4) is 0 Å². The lowest BCUT2D eigenvalue weighted by Crippen LogP contribution is -2.03. The molecule has 0 heteroatoms. The zero-order valence-electron chi connectivity index (χ0n) is 10.3. The summed E-state index contributed by atoms with van der Waals surface area (Å²) in [5.41, 5.74) is 4.29. The lowest BCUT2D eigenvalue weighted by atomic mass is 9.87. The Morgan fingerprint density at radius 1 is 1.27 bits per heavy atom. The molecule has 0 saturated carbocycles. The smallest absolute Gasteiger partial charge is 0.0203 e. The van der Waals surface area contributed by atoms with E-state index in [-0.39, 0.29) is 0 Å². The first kappa shape index (κ1) is 12.3. The molecule has 0 fully saturated rings. The highest BCUT2D eigenvalue weighted by Crippen LogP contribution is 2.27. The van der Waals surface area contributed by atoms with E-state index in [0.717, 1.165) is 0 Å². The third-order valence-electron chi connectivity index (χ3n) is 3.42. The van der Waals surface area contributed by atoms with E-state index in [2.05, 4.69) is 33.1 Å². The monoisotopic (exact) mass is 204 g/mol. The van der Waals surface area contributed by atoms with Crippen molar-refractivity contribution in [1.29, 1.82) is 0 Å². The van der Waals surface area contributed by atoms with Crippen LogP contribution in [0.3, 0.4) is 0 Å². The van der Waals surface area contributed by atoms with Crippen molar-refractivity contribution in [3.63, 3.8) is 0 Å². The summed E-state index contributed by atoms with van der Waals surface area (Å²) in [5, 5.41) is 0. The lowest BCUT2D eigenvalue weighted by Gasteiger charge is -2.19. The first-order valence-electron chi connectivity index (χ1n) is 6.07. The van der Waals surface area contributed by atoms with Gasteiger partial charge in [-0.2, -0.15) is 0 Å². The molecule has 1 aliphatic rings. The van der Waals surface area contributed by atoms with Gasteiger partial charge in [0.2, 0.25) is 0 Å². The van der Waals surface area contributed by atoms with E-state index in [1.807, 2.05) is 0 Å². The fourth-order valence-electron chi connectivity index (χ4n) is 2.17. The fraction of sp³-hybridized carbons (Fsp3) is 0.600. The number of hydrogen-bond donors (Lipinski definition) is 0. The van der Waals surface area contributed by atoms with Crippen molar-refractivity contribution in [2.45, 2.75) is 52.4 Å². The highest BCUT2D eigenvalue weighted by molar-refractivity contribution is 5.07. The maximum Gasteiger partial charge on any atom is -0.0203 e. The van der Waals surface area contributed by atoms with Crippen LogP contribution in [0.1, 0.15) is 52.4 Å². The first-order valence-corrected chi connectivity index (χ1v) is 6.07. The zero-order chi connectivity index (χ0) is 11.3. The van der Waals surface area contributed by atoms with Crippen LogP contribution in [0.5, 0.6) is 0 Å². The molecule has 0 radical (unpaired) electrons. The summed E-state index contributed by atoms with van der Waals surface area (Å²) in [6, 6.07) is 0. The Kier molecular flexibility index (Phi) is 4.87. The summed E-state index contributed by atoms with van der Waals surface area (Å²) < 4.78 is 0. The van der Waals surface area contributed by atoms with Crippen LogP contribution in [-0.2, 0) is 0 Å². The Bertz CT molecular complexity index is 268. The highest BCUT2D eigenvalue weighted by atomic mass is 14.2. The van der Waals surface area contributed by atoms with Gasteiger partial charge in [0, 0.05) is 0 Å². The molecule has 0 spiro atoms. The minimum absolute atomic E-state index is 0.697. The van der Waals surface area contributed by atoms with Crippen LogP contribution >= 0.6 is 0 Å². The summed E-state index contributed by atoms with van der Waals surface area (Å²) in [6.07, 6.45) is 9.68. The molecule has 1 atom stereocenters. The standard InChI is InChI=1S/C15H24/c1-12(2)15-10-8-13(3)6-5-7-14(4)9-11-15/h7,15H,1,3,5-6,8-11H2,2,4H3/b14-7+. The average Bonchev–Trinajstić information content (AvgIpc) is 2.16. The molecule has 0 saturated heterocycles. The quantitative estimate of drug-likeness (QED) is 0.525. The molecule has 0 N–H and O–H groups in total. The fourth-order valence-corrected chi connectivity index (χ4v) is 2.17. The summed E-state index contributed by atoms with van der Waals surface area (Å²) in [4.78, 5) is 0. The maximum atomic E-state index is 4.15. The number of hydrogen-bond acceptors (Lipinski definition) is 0. The molecule has 0 aliphatic heterocycles. The second-order valence-corrected chi connectivity index (χ2v) is 4.96. The molecule has 1 aliphatic carbocycles. The van der Waals surface area contributed by atoms with Crippen molar-refractivity contribution >= 4 is 0 Å². The van der Waals surface area contributed by atoms with Crippen LogP contribution in [0.2, 0.25) is 0 Å². The van der Waals surface area contributed by atoms with Gasteiger partial charge in [0.25, 0.3) is 0 Å². The minimum Gasteiger partial charge on any atom is -0.0999 e. The van der Waals surface area contributed by atoms with Gasteiger partial charge in [-0.15, -0.1) is 0 Å². The van der Waals surface area contributed by atoms with Gasteiger partial charge < -0.3 is 0 Å². The molecular formula is C15H24. The molecule has 1 rings (SSSR count). The predicted octanol–water partition coefficient (Wildman–Crippen LogP) is 5.04. The lowest BCUT2D eigenvalue weighted by molar-refractivity contribution is 0.509. The van der Waals surface area contributed by atoms with Crippen molar-refractivity contribution in [2.24, 2.45) is 5.92 Å². The zero-order valence-corrected chi connectivity index (χ0v) is 10.3. The molecule has 0 amide bonds. The minimum atomic E-state index is 0.697. The molecule has 0 bridgehead atoms. The third-order valence-corrected chi connectivity index (χ3v) is 3.42. The molecule has 0 aromatic heterocycles. The SMILES string of the molecule is C=C1CC/C=C(\C)CCC(C(=C)C)CC1. The van der Waals surface area contributed by atoms with Crippen molar-refractivity contribution in [1.82, 2.24) is 0 Å². The maximum absolute atomic E-state index is 4.15. The van der Waals surface area contributed by atoms with Crippen LogP contribution < -0.4 is 0 Å². The summed E-state index contributed by atoms with van der Waals surface area (Å²) >= 11 is 0. The van der Waals surface area contributed by atoms with E-state index in [0.29, 0.717) is 5.92 Å². The first-order chi connectivity index (χ1) is 7.09. The average molecular weight is 204 g/mol. The van der Waals surface area contributed by atoms with Crippen LogP contribution in [0.4, 0.5) is 0 Å². The molecule has 1 unspecified atom stereocenters. The van der Waals surface area contributed by atoms with Crippen molar-refractivity contribution < 1.29 is 0 Å². The van der Waals surface area contributed by atoms with Crippen LogP contribution in [0.15, 0.2) is 36.0 Å². The molecule has 0 heterocycles. The second kappa shape index (κ2) is 5.95. The van der Waals surface area contributed by atoms with Gasteiger partial charge in [0.05, 0.1) is 0 Å². The summed E-state index contributed by atoms with van der Waals surface area (Å²) in [5.74, 6) is 0.697. The molecule has 84 valence electrons. The predicted molar refractivity (Wildman–Crippen MR) is 68.9 cm³/mol. The number of rotatable bonds is 1. The normalized spacial score (nSPS) is 28.0. The Morgan fingerprint density at radius 3 is 2.60 bits per heavy atom. The van der Waals surface area contributed by atoms with Gasteiger partial charge in [0.1, 0.15) is 0 Å². The Morgan fingerprint density at radius 2 is 1.93 bits per heavy atom. The van der Waals surface area contributed by atoms with Crippen molar-refractivity contribution in [2.75, 3.05) is 0 Å². The Hall–Kier alpha value is -0.780. The molecular weight excluding hydrogens is 180 g/mol. The van der Waals surface area contributed by atoms with Crippen LogP contribution in [0, 0.1) is 5.92 Å². The Balaban J connectivity index is 2.63. The van der Waals surface area contributed by atoms with Crippen LogP contribution in [0.25, 0.3) is 0 Å². The van der Waals surface area contributed by atoms with Gasteiger partial charge in [-0.05, 0) is 58.3 Å². The van der Waals surface area contributed by atoms with Gasteiger partial charge in [-0.3, -0.25) is 0 Å². The van der Waals surface area contributed by atoms with Gasteiger partial charge in [0.15, 0.2) is 0 Å². The van der Waals surface area contributed by atoms with E-state index in [1.54, 1.807) is 0 Å². The van der Waals surface area contributed by atoms with E-state index < -0.39 is 0 Å². The highest BCUT2D eigenvalue weighted by Gasteiger charge is 2.11. The van der Waals surface area contributed by atoms with E-state index >= 15 is 0 Å². The molecule has 15 heavy (non-hydrogen) atoms. The van der Waals surface area contributed by atoms with E-state index in [1.165, 1.54) is 55.2 Å². The molecule has 0 aromatic carbocycles. The molecule has 0 nitrogen and oxygen atoms in total. The van der Waals surface area contributed by atoms with Gasteiger partial charge in [-0.1, -0.05) is 36.0 Å². The van der Waals surface area contributed by atoms with Crippen LogP contribution in [-0.4, -0.2) is 0 Å². The van der Waals surface area contributed by atoms with Gasteiger partial charge >= 0.3 is 0 Å².